The summed E-state index contributed by atoms with van der Waals surface area (Å²) in [4.78, 5) is 20.0. The standard InChI is InChI=1S/C13H15N5O2/c1-2-20-12-4-3-10(8-16-12)17-13(19)9-5-6-15-11(7-9)18-14/h3-8H,2,14H2,1H3,(H,15,18)(H,17,19). The molecule has 0 saturated heterocycles. The van der Waals surface area contributed by atoms with Crippen molar-refractivity contribution in [2.75, 3.05) is 17.3 Å². The van der Waals surface area contributed by atoms with Gasteiger partial charge in [-0.05, 0) is 25.1 Å². The Bertz CT molecular complexity index is 586. The van der Waals surface area contributed by atoms with Gasteiger partial charge in [0.25, 0.3) is 5.91 Å². The molecule has 0 bridgehead atoms. The fourth-order valence-corrected chi connectivity index (χ4v) is 1.54. The van der Waals surface area contributed by atoms with Crippen LogP contribution >= 0.6 is 0 Å². The van der Waals surface area contributed by atoms with Crippen molar-refractivity contribution in [2.24, 2.45) is 5.84 Å². The van der Waals surface area contributed by atoms with Gasteiger partial charge in [-0.15, -0.1) is 0 Å². The molecule has 4 N–H and O–H groups in total. The number of carbonyl (C=O) groups is 1. The van der Waals surface area contributed by atoms with E-state index in [1.807, 2.05) is 6.92 Å². The minimum atomic E-state index is -0.269. The zero-order valence-corrected chi connectivity index (χ0v) is 11.0. The average molecular weight is 273 g/mol. The van der Waals surface area contributed by atoms with Crippen molar-refractivity contribution in [1.29, 1.82) is 0 Å². The Morgan fingerprint density at radius 3 is 2.85 bits per heavy atom. The molecule has 2 aromatic rings. The fourth-order valence-electron chi connectivity index (χ4n) is 1.54. The van der Waals surface area contributed by atoms with Gasteiger partial charge in [0.1, 0.15) is 5.82 Å². The zero-order chi connectivity index (χ0) is 14.4. The SMILES string of the molecule is CCOc1ccc(NC(=O)c2ccnc(NN)c2)cn1. The van der Waals surface area contributed by atoms with Crippen molar-refractivity contribution in [3.63, 3.8) is 0 Å². The maximum Gasteiger partial charge on any atom is 0.255 e. The highest BCUT2D eigenvalue weighted by molar-refractivity contribution is 6.04. The summed E-state index contributed by atoms with van der Waals surface area (Å²) in [6.45, 7) is 2.43. The molecule has 104 valence electrons. The van der Waals surface area contributed by atoms with Crippen LogP contribution in [0.25, 0.3) is 0 Å². The van der Waals surface area contributed by atoms with Gasteiger partial charge >= 0.3 is 0 Å². The predicted octanol–water partition coefficient (Wildman–Crippen LogP) is 1.41. The number of nitrogen functional groups attached to an aromatic ring is 1. The molecule has 0 fully saturated rings. The normalized spacial score (nSPS) is 9.90. The molecule has 7 heteroatoms. The number of nitrogens with two attached hydrogens (primary N) is 1. The Hall–Kier alpha value is -2.67. The third kappa shape index (κ3) is 3.42. The van der Waals surface area contributed by atoms with E-state index < -0.39 is 0 Å². The molecule has 7 nitrogen and oxygen atoms in total. The van der Waals surface area contributed by atoms with Gasteiger partial charge in [-0.25, -0.2) is 15.8 Å². The van der Waals surface area contributed by atoms with E-state index in [2.05, 4.69) is 20.7 Å². The summed E-state index contributed by atoms with van der Waals surface area (Å²) in [6, 6.07) is 6.56. The highest BCUT2D eigenvalue weighted by atomic mass is 16.5. The van der Waals surface area contributed by atoms with E-state index >= 15 is 0 Å². The van der Waals surface area contributed by atoms with Gasteiger partial charge in [-0.1, -0.05) is 0 Å². The minimum absolute atomic E-state index is 0.269. The molecule has 0 aliphatic rings. The number of hydrogen-bond donors (Lipinski definition) is 3. The Labute approximate surface area is 116 Å². The number of ether oxygens (including phenoxy) is 1. The first-order valence-electron chi connectivity index (χ1n) is 6.06. The summed E-state index contributed by atoms with van der Waals surface area (Å²) < 4.78 is 5.23. The number of carbonyl (C=O) groups excluding carboxylic acids is 1. The number of aromatic nitrogens is 2. The molecule has 0 aliphatic heterocycles. The summed E-state index contributed by atoms with van der Waals surface area (Å²) in [5.74, 6) is 5.92. The molecule has 0 aliphatic carbocycles. The Morgan fingerprint density at radius 2 is 2.20 bits per heavy atom. The summed E-state index contributed by atoms with van der Waals surface area (Å²) in [6.07, 6.45) is 3.03. The topological polar surface area (TPSA) is 102 Å². The summed E-state index contributed by atoms with van der Waals surface area (Å²) in [5.41, 5.74) is 3.41. The van der Waals surface area contributed by atoms with Crippen LogP contribution in [0, 0.1) is 0 Å². The smallest absolute Gasteiger partial charge is 0.255 e. The molecular formula is C13H15N5O2. The zero-order valence-electron chi connectivity index (χ0n) is 11.0. The van der Waals surface area contributed by atoms with Crippen molar-refractivity contribution in [3.8, 4) is 5.88 Å². The number of hydrogen-bond acceptors (Lipinski definition) is 6. The Kier molecular flexibility index (Phi) is 4.46. The van der Waals surface area contributed by atoms with Gasteiger partial charge < -0.3 is 15.5 Å². The van der Waals surface area contributed by atoms with Crippen LogP contribution in [0.3, 0.4) is 0 Å². The van der Waals surface area contributed by atoms with Crippen LogP contribution in [0.5, 0.6) is 5.88 Å². The third-order valence-corrected chi connectivity index (χ3v) is 2.46. The number of anilines is 2. The van der Waals surface area contributed by atoms with E-state index in [9.17, 15) is 4.79 Å². The van der Waals surface area contributed by atoms with Gasteiger partial charge in [0.15, 0.2) is 0 Å². The van der Waals surface area contributed by atoms with Gasteiger partial charge in [0.2, 0.25) is 5.88 Å². The van der Waals surface area contributed by atoms with Crippen LogP contribution in [0.1, 0.15) is 17.3 Å². The summed E-state index contributed by atoms with van der Waals surface area (Å²) >= 11 is 0. The molecular weight excluding hydrogens is 258 g/mol. The lowest BCUT2D eigenvalue weighted by atomic mass is 10.2. The first-order valence-corrected chi connectivity index (χ1v) is 6.06. The highest BCUT2D eigenvalue weighted by Gasteiger charge is 2.07. The number of nitrogens with zero attached hydrogens (tertiary/aromatic N) is 2. The minimum Gasteiger partial charge on any atom is -0.478 e. The number of nitrogens with one attached hydrogen (secondary N) is 2. The summed E-state index contributed by atoms with van der Waals surface area (Å²) in [5, 5.41) is 2.73. The van der Waals surface area contributed by atoms with Crippen molar-refractivity contribution < 1.29 is 9.53 Å². The molecule has 2 heterocycles. The van der Waals surface area contributed by atoms with E-state index in [1.165, 1.54) is 12.4 Å². The molecule has 0 radical (unpaired) electrons. The monoisotopic (exact) mass is 273 g/mol. The Morgan fingerprint density at radius 1 is 1.35 bits per heavy atom. The quantitative estimate of drug-likeness (QED) is 0.562. The van der Waals surface area contributed by atoms with Crippen LogP contribution in [-0.2, 0) is 0 Å². The molecule has 2 rings (SSSR count). The van der Waals surface area contributed by atoms with Crippen molar-refractivity contribution in [1.82, 2.24) is 9.97 Å². The molecule has 0 atom stereocenters. The molecule has 0 aromatic carbocycles. The maximum atomic E-state index is 12.0. The van der Waals surface area contributed by atoms with Crippen molar-refractivity contribution in [2.45, 2.75) is 6.92 Å². The summed E-state index contributed by atoms with van der Waals surface area (Å²) in [7, 11) is 0. The predicted molar refractivity (Wildman–Crippen MR) is 75.4 cm³/mol. The average Bonchev–Trinajstić information content (AvgIpc) is 2.49. The van der Waals surface area contributed by atoms with Gasteiger partial charge in [0.05, 0.1) is 18.5 Å². The third-order valence-electron chi connectivity index (χ3n) is 2.46. The second-order valence-electron chi connectivity index (χ2n) is 3.85. The van der Waals surface area contributed by atoms with Gasteiger partial charge in [0, 0.05) is 17.8 Å². The van der Waals surface area contributed by atoms with Crippen LogP contribution in [0.2, 0.25) is 0 Å². The second-order valence-corrected chi connectivity index (χ2v) is 3.85. The first kappa shape index (κ1) is 13.8. The van der Waals surface area contributed by atoms with Crippen LogP contribution in [0.4, 0.5) is 11.5 Å². The van der Waals surface area contributed by atoms with E-state index in [0.29, 0.717) is 29.6 Å². The van der Waals surface area contributed by atoms with Crippen molar-refractivity contribution in [3.05, 3.63) is 42.2 Å². The molecule has 0 spiro atoms. The lowest BCUT2D eigenvalue weighted by Gasteiger charge is -2.07. The molecule has 0 saturated carbocycles. The fraction of sp³-hybridized carbons (Fsp3) is 0.154. The lowest BCUT2D eigenvalue weighted by molar-refractivity contribution is 0.102. The van der Waals surface area contributed by atoms with Gasteiger partial charge in [-0.2, -0.15) is 0 Å². The number of amides is 1. The van der Waals surface area contributed by atoms with Gasteiger partial charge in [-0.3, -0.25) is 4.79 Å². The molecule has 2 aromatic heterocycles. The van der Waals surface area contributed by atoms with E-state index in [1.54, 1.807) is 24.3 Å². The first-order chi connectivity index (χ1) is 9.72. The van der Waals surface area contributed by atoms with E-state index in [-0.39, 0.29) is 5.91 Å². The number of hydrazine groups is 1. The number of rotatable bonds is 5. The van der Waals surface area contributed by atoms with Crippen LogP contribution < -0.4 is 21.3 Å². The molecule has 0 unspecified atom stereocenters. The largest absolute Gasteiger partial charge is 0.478 e. The highest BCUT2D eigenvalue weighted by Crippen LogP contribution is 2.13. The Balaban J connectivity index is 2.06. The lowest BCUT2D eigenvalue weighted by Crippen LogP contribution is -2.14. The molecule has 1 amide bonds. The molecule has 20 heavy (non-hydrogen) atoms. The van der Waals surface area contributed by atoms with E-state index in [4.69, 9.17) is 10.6 Å². The van der Waals surface area contributed by atoms with Crippen LogP contribution in [0.15, 0.2) is 36.7 Å². The van der Waals surface area contributed by atoms with Crippen molar-refractivity contribution >= 4 is 17.4 Å². The maximum absolute atomic E-state index is 12.0. The van der Waals surface area contributed by atoms with E-state index in [0.717, 1.165) is 0 Å². The number of pyridine rings is 2. The van der Waals surface area contributed by atoms with Crippen LogP contribution in [-0.4, -0.2) is 22.5 Å². The second kappa shape index (κ2) is 6.48.